The molecule has 0 rings (SSSR count). The lowest BCUT2D eigenvalue weighted by atomic mass is 10.7. The fourth-order valence-electron chi connectivity index (χ4n) is 0.145. The molecular weight excluding hydrogens is 168 g/mol. The van der Waals surface area contributed by atoms with Crippen LogP contribution >= 0.6 is 34.8 Å². The maximum atomic E-state index is 5.36. The number of allylic oxidation sites excluding steroid dienone is 1. The second-order valence-corrected chi connectivity index (χ2v) is 2.26. The lowest BCUT2D eigenvalue weighted by Crippen LogP contribution is -1.68. The average molecular weight is 172 g/mol. The Morgan fingerprint density at radius 3 is 2.00 bits per heavy atom. The van der Waals surface area contributed by atoms with Crippen molar-refractivity contribution in [3.8, 4) is 0 Å². The third-order valence-corrected chi connectivity index (χ3v) is 0.901. The van der Waals surface area contributed by atoms with Crippen LogP contribution in [-0.4, -0.2) is 4.63 Å². The van der Waals surface area contributed by atoms with Gasteiger partial charge in [-0.1, -0.05) is 17.7 Å². The molecule has 0 unspecified atom stereocenters. The molecule has 0 amide bonds. The van der Waals surface area contributed by atoms with Crippen molar-refractivity contribution in [1.29, 1.82) is 0 Å². The van der Waals surface area contributed by atoms with E-state index in [9.17, 15) is 0 Å². The van der Waals surface area contributed by atoms with Gasteiger partial charge in [0.05, 0.1) is 0 Å². The van der Waals surface area contributed by atoms with Crippen LogP contribution in [0.4, 0.5) is 0 Å². The van der Waals surface area contributed by atoms with E-state index in [1.54, 1.807) is 13.0 Å². The first-order valence-electron chi connectivity index (χ1n) is 1.88. The van der Waals surface area contributed by atoms with E-state index >= 15 is 0 Å². The van der Waals surface area contributed by atoms with E-state index in [-0.39, 0.29) is 4.63 Å². The largest absolute Gasteiger partial charge is 0.213 e. The first kappa shape index (κ1) is 8.28. The quantitative estimate of drug-likeness (QED) is 0.426. The number of rotatable bonds is 1. The minimum atomic E-state index is -0.0758. The minimum Gasteiger partial charge on any atom is -0.213 e. The lowest BCUT2D eigenvalue weighted by Gasteiger charge is -1.82. The van der Waals surface area contributed by atoms with E-state index in [0.29, 0.717) is 5.16 Å². The molecule has 0 aliphatic rings. The van der Waals surface area contributed by atoms with Gasteiger partial charge < -0.3 is 0 Å². The van der Waals surface area contributed by atoms with Gasteiger partial charge in [0, 0.05) is 0 Å². The zero-order valence-corrected chi connectivity index (χ0v) is 6.43. The second kappa shape index (κ2) is 4.19. The van der Waals surface area contributed by atoms with Gasteiger partial charge in [0.15, 0.2) is 4.63 Å². The van der Waals surface area contributed by atoms with Gasteiger partial charge in [-0.2, -0.15) is 0 Å². The van der Waals surface area contributed by atoms with E-state index in [1.807, 2.05) is 0 Å². The van der Waals surface area contributed by atoms with Gasteiger partial charge in [-0.05, 0) is 30.1 Å². The average Bonchev–Trinajstić information content (AvgIpc) is 1.65. The molecule has 0 N–H and O–H groups in total. The predicted octanol–water partition coefficient (Wildman–Crippen LogP) is 2.92. The molecule has 0 aliphatic heterocycles. The Morgan fingerprint density at radius 1 is 1.38 bits per heavy atom. The van der Waals surface area contributed by atoms with E-state index in [0.717, 1.165) is 0 Å². The van der Waals surface area contributed by atoms with Crippen LogP contribution < -0.4 is 0 Å². The summed E-state index contributed by atoms with van der Waals surface area (Å²) in [5, 5.41) is 0.296. The molecule has 0 bridgehead atoms. The molecule has 0 atom stereocenters. The van der Waals surface area contributed by atoms with Crippen LogP contribution in [0.5, 0.6) is 0 Å². The molecule has 0 fully saturated rings. The maximum absolute atomic E-state index is 5.36. The molecule has 0 aromatic heterocycles. The summed E-state index contributed by atoms with van der Waals surface area (Å²) in [4.78, 5) is 3.47. The summed E-state index contributed by atoms with van der Waals surface area (Å²) >= 11 is 15.6. The molecule has 0 heterocycles. The van der Waals surface area contributed by atoms with Crippen LogP contribution in [0.1, 0.15) is 6.92 Å². The van der Waals surface area contributed by atoms with Gasteiger partial charge >= 0.3 is 0 Å². The number of aliphatic imine (C=N–C) groups is 1. The molecule has 46 valence electrons. The van der Waals surface area contributed by atoms with Crippen molar-refractivity contribution in [2.24, 2.45) is 4.99 Å². The van der Waals surface area contributed by atoms with Crippen LogP contribution in [0.25, 0.3) is 0 Å². The fraction of sp³-hybridized carbons (Fsp3) is 0.250. The molecule has 0 aromatic rings. The normalized spacial score (nSPS) is 11.2. The van der Waals surface area contributed by atoms with Crippen molar-refractivity contribution >= 4 is 39.4 Å². The Kier molecular flexibility index (Phi) is 4.33. The van der Waals surface area contributed by atoms with Gasteiger partial charge in [-0.25, -0.2) is 4.99 Å². The van der Waals surface area contributed by atoms with Gasteiger partial charge in [-0.3, -0.25) is 0 Å². The summed E-state index contributed by atoms with van der Waals surface area (Å²) < 4.78 is -0.0758. The highest BCUT2D eigenvalue weighted by Gasteiger charge is 1.85. The molecule has 0 radical (unpaired) electrons. The SMILES string of the molecule is C/C=C(\Cl)N=C(Cl)Cl. The molecule has 0 aromatic carbocycles. The van der Waals surface area contributed by atoms with Crippen LogP contribution in [0.15, 0.2) is 16.2 Å². The third-order valence-electron chi connectivity index (χ3n) is 0.430. The highest BCUT2D eigenvalue weighted by atomic mass is 35.5. The molecule has 0 saturated carbocycles. The molecule has 1 nitrogen and oxygen atoms in total. The van der Waals surface area contributed by atoms with Gasteiger partial charge in [0.25, 0.3) is 0 Å². The smallest absolute Gasteiger partial charge is 0.198 e. The summed E-state index contributed by atoms with van der Waals surface area (Å²) in [5.74, 6) is 0. The van der Waals surface area contributed by atoms with Crippen molar-refractivity contribution in [2.45, 2.75) is 6.92 Å². The number of hydrogen-bond acceptors (Lipinski definition) is 1. The molecule has 4 heteroatoms. The minimum absolute atomic E-state index is 0.0758. The standard InChI is InChI=1S/C4H4Cl3N/c1-2-3(5)8-4(6)7/h2H,1H3/b3-2+. The topological polar surface area (TPSA) is 12.4 Å². The van der Waals surface area contributed by atoms with Crippen molar-refractivity contribution < 1.29 is 0 Å². The van der Waals surface area contributed by atoms with Crippen molar-refractivity contribution in [2.75, 3.05) is 0 Å². The van der Waals surface area contributed by atoms with Crippen LogP contribution in [0, 0.1) is 0 Å². The van der Waals surface area contributed by atoms with Crippen molar-refractivity contribution in [3.05, 3.63) is 11.2 Å². The van der Waals surface area contributed by atoms with Crippen LogP contribution in [-0.2, 0) is 0 Å². The summed E-state index contributed by atoms with van der Waals surface area (Å²) in [6.45, 7) is 1.74. The Hall–Kier alpha value is 0.280. The molecule has 8 heavy (non-hydrogen) atoms. The van der Waals surface area contributed by atoms with Gasteiger partial charge in [-0.15, -0.1) is 0 Å². The Bertz CT molecular complexity index is 123. The summed E-state index contributed by atoms with van der Waals surface area (Å²) in [7, 11) is 0. The fourth-order valence-corrected chi connectivity index (χ4v) is 0.498. The van der Waals surface area contributed by atoms with Crippen LogP contribution in [0.2, 0.25) is 0 Å². The van der Waals surface area contributed by atoms with Gasteiger partial charge in [0.2, 0.25) is 0 Å². The van der Waals surface area contributed by atoms with Gasteiger partial charge in [0.1, 0.15) is 5.16 Å². The Balaban J connectivity index is 3.89. The molecular formula is C4H4Cl3N. The zero-order chi connectivity index (χ0) is 6.57. The number of nitrogens with zero attached hydrogens (tertiary/aromatic N) is 1. The number of halogens is 3. The third kappa shape index (κ3) is 4.44. The Morgan fingerprint density at radius 2 is 1.88 bits per heavy atom. The van der Waals surface area contributed by atoms with E-state index in [4.69, 9.17) is 34.8 Å². The maximum Gasteiger partial charge on any atom is 0.198 e. The van der Waals surface area contributed by atoms with E-state index in [1.165, 1.54) is 0 Å². The summed E-state index contributed by atoms with van der Waals surface area (Å²) in [6.07, 6.45) is 1.59. The first-order valence-corrected chi connectivity index (χ1v) is 3.01. The lowest BCUT2D eigenvalue weighted by molar-refractivity contribution is 1.50. The van der Waals surface area contributed by atoms with Crippen molar-refractivity contribution in [3.63, 3.8) is 0 Å². The summed E-state index contributed by atoms with van der Waals surface area (Å²) in [6, 6.07) is 0. The van der Waals surface area contributed by atoms with E-state index in [2.05, 4.69) is 4.99 Å². The zero-order valence-electron chi connectivity index (χ0n) is 4.16. The first-order chi connectivity index (χ1) is 3.66. The number of hydrogen-bond donors (Lipinski definition) is 0. The van der Waals surface area contributed by atoms with Crippen molar-refractivity contribution in [1.82, 2.24) is 0 Å². The van der Waals surface area contributed by atoms with Crippen LogP contribution in [0.3, 0.4) is 0 Å². The predicted molar refractivity (Wildman–Crippen MR) is 38.8 cm³/mol. The second-order valence-electron chi connectivity index (χ2n) is 0.964. The Labute approximate surface area is 62.9 Å². The summed E-state index contributed by atoms with van der Waals surface area (Å²) in [5.41, 5.74) is 0. The van der Waals surface area contributed by atoms with E-state index < -0.39 is 0 Å². The molecule has 0 spiro atoms. The molecule has 0 saturated heterocycles. The highest BCUT2D eigenvalue weighted by molar-refractivity contribution is 6.95. The molecule has 0 aliphatic carbocycles. The highest BCUT2D eigenvalue weighted by Crippen LogP contribution is 2.05. The monoisotopic (exact) mass is 171 g/mol.